The first kappa shape index (κ1) is 12.7. The Balaban J connectivity index is 2.16. The van der Waals surface area contributed by atoms with Crippen molar-refractivity contribution in [1.82, 2.24) is 4.57 Å². The lowest BCUT2D eigenvalue weighted by Gasteiger charge is -2.29. The predicted octanol–water partition coefficient (Wildman–Crippen LogP) is 3.08. The van der Waals surface area contributed by atoms with Crippen LogP contribution < -0.4 is 4.90 Å². The molecule has 0 spiro atoms. The van der Waals surface area contributed by atoms with E-state index in [2.05, 4.69) is 25.4 Å². The van der Waals surface area contributed by atoms with Gasteiger partial charge in [0.1, 0.15) is 5.82 Å². The number of anilines is 1. The van der Waals surface area contributed by atoms with E-state index in [0.29, 0.717) is 0 Å². The van der Waals surface area contributed by atoms with Crippen molar-refractivity contribution >= 4 is 28.0 Å². The summed E-state index contributed by atoms with van der Waals surface area (Å²) in [5.41, 5.74) is 0.792. The number of aromatic nitrogens is 1. The molecule has 1 aliphatic heterocycles. The Kier molecular flexibility index (Phi) is 4.66. The molecule has 0 saturated carbocycles. The number of aldehydes is 1. The van der Waals surface area contributed by atoms with Crippen LogP contribution in [0.3, 0.4) is 0 Å². The Morgan fingerprint density at radius 3 is 2.71 bits per heavy atom. The second-order valence-electron chi connectivity index (χ2n) is 4.53. The Morgan fingerprint density at radius 1 is 1.29 bits per heavy atom. The van der Waals surface area contributed by atoms with Gasteiger partial charge in [0.25, 0.3) is 0 Å². The van der Waals surface area contributed by atoms with Crippen molar-refractivity contribution in [3.8, 4) is 0 Å². The first-order valence-electron chi connectivity index (χ1n) is 6.31. The van der Waals surface area contributed by atoms with Crippen molar-refractivity contribution in [1.29, 1.82) is 0 Å². The number of piperidine rings is 1. The molecule has 0 aliphatic carbocycles. The van der Waals surface area contributed by atoms with Crippen LogP contribution in [0.2, 0.25) is 0 Å². The average molecular weight is 299 g/mol. The quantitative estimate of drug-likeness (QED) is 0.616. The molecule has 1 saturated heterocycles. The van der Waals surface area contributed by atoms with Gasteiger partial charge in [0, 0.05) is 36.7 Å². The van der Waals surface area contributed by atoms with Gasteiger partial charge in [0.05, 0.1) is 0 Å². The van der Waals surface area contributed by atoms with E-state index in [0.717, 1.165) is 43.2 Å². The molecule has 0 bridgehead atoms. The van der Waals surface area contributed by atoms with Crippen molar-refractivity contribution in [3.63, 3.8) is 0 Å². The summed E-state index contributed by atoms with van der Waals surface area (Å²) in [6.45, 7) is 3.22. The molecule has 2 heterocycles. The molecular formula is C13H19BrN2O. The molecule has 4 heteroatoms. The fourth-order valence-corrected chi connectivity index (χ4v) is 2.64. The highest BCUT2D eigenvalue weighted by atomic mass is 79.9. The molecule has 0 aromatic carbocycles. The molecule has 1 fully saturated rings. The van der Waals surface area contributed by atoms with Crippen LogP contribution in [0.1, 0.15) is 36.0 Å². The second-order valence-corrected chi connectivity index (χ2v) is 5.33. The maximum atomic E-state index is 10.9. The minimum absolute atomic E-state index is 0.792. The zero-order valence-electron chi connectivity index (χ0n) is 10.1. The maximum Gasteiger partial charge on any atom is 0.151 e. The van der Waals surface area contributed by atoms with Gasteiger partial charge in [0.2, 0.25) is 0 Å². The number of nitrogens with zero attached hydrogens (tertiary/aromatic N) is 2. The number of halogens is 1. The minimum atomic E-state index is 0.792. The van der Waals surface area contributed by atoms with Crippen molar-refractivity contribution in [2.24, 2.45) is 0 Å². The van der Waals surface area contributed by atoms with Crippen LogP contribution in [0.15, 0.2) is 12.3 Å². The molecule has 17 heavy (non-hydrogen) atoms. The summed E-state index contributed by atoms with van der Waals surface area (Å²) < 4.78 is 2.22. The van der Waals surface area contributed by atoms with E-state index >= 15 is 0 Å². The predicted molar refractivity (Wildman–Crippen MR) is 74.3 cm³/mol. The Hall–Kier alpha value is -0.770. The SMILES string of the molecule is O=Cc1cc(N2CCCCC2)n(CCCBr)c1. The molecule has 1 aliphatic rings. The van der Waals surface area contributed by atoms with Crippen LogP contribution in [-0.4, -0.2) is 29.3 Å². The smallest absolute Gasteiger partial charge is 0.151 e. The summed E-state index contributed by atoms with van der Waals surface area (Å²) >= 11 is 3.45. The van der Waals surface area contributed by atoms with Gasteiger partial charge < -0.3 is 9.47 Å². The van der Waals surface area contributed by atoms with E-state index in [1.807, 2.05) is 12.3 Å². The highest BCUT2D eigenvalue weighted by molar-refractivity contribution is 9.09. The molecule has 3 nitrogen and oxygen atoms in total. The highest BCUT2D eigenvalue weighted by Crippen LogP contribution is 2.23. The van der Waals surface area contributed by atoms with Crippen molar-refractivity contribution in [3.05, 3.63) is 17.8 Å². The van der Waals surface area contributed by atoms with Crippen molar-refractivity contribution in [2.75, 3.05) is 23.3 Å². The lowest BCUT2D eigenvalue weighted by Crippen LogP contribution is -2.31. The van der Waals surface area contributed by atoms with Gasteiger partial charge >= 0.3 is 0 Å². The standard InChI is InChI=1S/C13H19BrN2O/c14-5-4-8-16-10-12(11-17)9-13(16)15-6-2-1-3-7-15/h9-11H,1-8H2. The summed E-state index contributed by atoms with van der Waals surface area (Å²) in [6, 6.07) is 2.02. The number of hydrogen-bond acceptors (Lipinski definition) is 2. The van der Waals surface area contributed by atoms with E-state index < -0.39 is 0 Å². The number of alkyl halides is 1. The number of carbonyl (C=O) groups is 1. The number of carbonyl (C=O) groups excluding carboxylic acids is 1. The number of rotatable bonds is 5. The lowest BCUT2D eigenvalue weighted by atomic mass is 10.1. The van der Waals surface area contributed by atoms with Gasteiger partial charge in [-0.15, -0.1) is 0 Å². The van der Waals surface area contributed by atoms with Crippen molar-refractivity contribution < 1.29 is 4.79 Å². The summed E-state index contributed by atoms with van der Waals surface area (Å²) in [4.78, 5) is 13.3. The van der Waals surface area contributed by atoms with Gasteiger partial charge in [-0.1, -0.05) is 15.9 Å². The van der Waals surface area contributed by atoms with E-state index in [1.54, 1.807) is 0 Å². The van der Waals surface area contributed by atoms with E-state index in [-0.39, 0.29) is 0 Å². The van der Waals surface area contributed by atoms with Gasteiger partial charge in [-0.05, 0) is 31.7 Å². The van der Waals surface area contributed by atoms with E-state index in [1.165, 1.54) is 25.1 Å². The second kappa shape index (κ2) is 6.24. The number of hydrogen-bond donors (Lipinski definition) is 0. The molecule has 0 unspecified atom stereocenters. The Labute approximate surface area is 111 Å². The zero-order valence-corrected chi connectivity index (χ0v) is 11.7. The molecule has 0 amide bonds. The topological polar surface area (TPSA) is 25.2 Å². The first-order chi connectivity index (χ1) is 8.35. The zero-order chi connectivity index (χ0) is 12.1. The molecular weight excluding hydrogens is 280 g/mol. The van der Waals surface area contributed by atoms with Crippen LogP contribution in [0.5, 0.6) is 0 Å². The molecule has 0 atom stereocenters. The molecule has 1 aromatic heterocycles. The molecule has 94 valence electrons. The Morgan fingerprint density at radius 2 is 2.06 bits per heavy atom. The fraction of sp³-hybridized carbons (Fsp3) is 0.615. The normalized spacial score (nSPS) is 16.2. The van der Waals surface area contributed by atoms with Crippen LogP contribution in [-0.2, 0) is 6.54 Å². The van der Waals surface area contributed by atoms with E-state index in [9.17, 15) is 4.79 Å². The van der Waals surface area contributed by atoms with Crippen LogP contribution >= 0.6 is 15.9 Å². The molecule has 0 radical (unpaired) electrons. The van der Waals surface area contributed by atoms with Crippen LogP contribution in [0.25, 0.3) is 0 Å². The lowest BCUT2D eigenvalue weighted by molar-refractivity contribution is 0.112. The number of aryl methyl sites for hydroxylation is 1. The first-order valence-corrected chi connectivity index (χ1v) is 7.43. The largest absolute Gasteiger partial charge is 0.358 e. The van der Waals surface area contributed by atoms with Crippen LogP contribution in [0, 0.1) is 0 Å². The van der Waals surface area contributed by atoms with Gasteiger partial charge in [0.15, 0.2) is 6.29 Å². The molecule has 1 aromatic rings. The summed E-state index contributed by atoms with van der Waals surface area (Å²) in [6.07, 6.45) is 7.87. The van der Waals surface area contributed by atoms with Crippen molar-refractivity contribution in [2.45, 2.75) is 32.2 Å². The summed E-state index contributed by atoms with van der Waals surface area (Å²) in [5.74, 6) is 1.22. The van der Waals surface area contributed by atoms with Gasteiger partial charge in [-0.3, -0.25) is 4.79 Å². The fourth-order valence-electron chi connectivity index (χ4n) is 2.38. The molecule has 0 N–H and O–H groups in total. The Bertz CT molecular complexity index is 369. The van der Waals surface area contributed by atoms with Gasteiger partial charge in [-0.25, -0.2) is 0 Å². The highest BCUT2D eigenvalue weighted by Gasteiger charge is 2.15. The minimum Gasteiger partial charge on any atom is -0.358 e. The summed E-state index contributed by atoms with van der Waals surface area (Å²) in [7, 11) is 0. The maximum absolute atomic E-state index is 10.9. The third kappa shape index (κ3) is 3.12. The molecule has 2 rings (SSSR count). The van der Waals surface area contributed by atoms with E-state index in [4.69, 9.17) is 0 Å². The monoisotopic (exact) mass is 298 g/mol. The summed E-state index contributed by atoms with van der Waals surface area (Å²) in [5, 5.41) is 1.00. The van der Waals surface area contributed by atoms with Gasteiger partial charge in [-0.2, -0.15) is 0 Å². The average Bonchev–Trinajstić information content (AvgIpc) is 2.80. The third-order valence-corrected chi connectivity index (χ3v) is 3.80. The van der Waals surface area contributed by atoms with Crippen LogP contribution in [0.4, 0.5) is 5.82 Å². The third-order valence-electron chi connectivity index (χ3n) is 3.24.